The molecule has 0 fully saturated rings. The van der Waals surface area contributed by atoms with Crippen molar-refractivity contribution in [3.63, 3.8) is 0 Å². The Kier molecular flexibility index (Phi) is 4.84. The molecule has 1 heterocycles. The van der Waals surface area contributed by atoms with E-state index < -0.39 is 0 Å². The molecular formula is C17H23NOS. The first-order valence-corrected chi connectivity index (χ1v) is 7.88. The van der Waals surface area contributed by atoms with Crippen LogP contribution in [0.2, 0.25) is 0 Å². The summed E-state index contributed by atoms with van der Waals surface area (Å²) in [6.45, 7) is 8.46. The summed E-state index contributed by atoms with van der Waals surface area (Å²) in [4.78, 5) is 2.47. The van der Waals surface area contributed by atoms with Crippen molar-refractivity contribution in [2.24, 2.45) is 5.73 Å². The highest BCUT2D eigenvalue weighted by molar-refractivity contribution is 7.12. The molecule has 20 heavy (non-hydrogen) atoms. The summed E-state index contributed by atoms with van der Waals surface area (Å²) in [6.07, 6.45) is -0.0893. The lowest BCUT2D eigenvalue weighted by Crippen LogP contribution is -2.28. The Morgan fingerprint density at radius 3 is 2.30 bits per heavy atom. The fourth-order valence-corrected chi connectivity index (χ4v) is 3.26. The molecule has 2 unspecified atom stereocenters. The van der Waals surface area contributed by atoms with E-state index in [0.29, 0.717) is 5.92 Å². The normalized spacial score (nSPS) is 14.3. The van der Waals surface area contributed by atoms with Crippen LogP contribution in [0.1, 0.15) is 48.1 Å². The summed E-state index contributed by atoms with van der Waals surface area (Å²) in [5.41, 5.74) is 7.36. The number of aryl methyl sites for hydroxylation is 1. The van der Waals surface area contributed by atoms with E-state index in [1.165, 1.54) is 15.3 Å². The first-order valence-electron chi connectivity index (χ1n) is 7.06. The Labute approximate surface area is 125 Å². The molecule has 0 aliphatic carbocycles. The molecular weight excluding hydrogens is 266 g/mol. The molecule has 108 valence electrons. The quantitative estimate of drug-likeness (QED) is 0.869. The zero-order valence-electron chi connectivity index (χ0n) is 12.6. The molecule has 2 rings (SSSR count). The third kappa shape index (κ3) is 3.41. The Balaban J connectivity index is 2.30. The minimum absolute atomic E-state index is 0.0479. The zero-order valence-corrected chi connectivity index (χ0v) is 13.4. The molecule has 2 aromatic rings. The molecule has 0 aliphatic heterocycles. The van der Waals surface area contributed by atoms with Crippen molar-refractivity contribution in [2.45, 2.75) is 45.8 Å². The van der Waals surface area contributed by atoms with Crippen molar-refractivity contribution in [1.29, 1.82) is 0 Å². The first-order chi connectivity index (χ1) is 9.49. The Bertz CT molecular complexity index is 560. The van der Waals surface area contributed by atoms with Crippen molar-refractivity contribution in [1.82, 2.24) is 0 Å². The van der Waals surface area contributed by atoms with Crippen LogP contribution in [0.4, 0.5) is 0 Å². The summed E-state index contributed by atoms with van der Waals surface area (Å²) in [5, 5.41) is 0. The first kappa shape index (κ1) is 15.1. The molecule has 0 bridgehead atoms. The van der Waals surface area contributed by atoms with Crippen LogP contribution in [-0.4, -0.2) is 6.04 Å². The minimum atomic E-state index is -0.0893. The zero-order chi connectivity index (χ0) is 14.7. The topological polar surface area (TPSA) is 35.2 Å². The second-order valence-corrected chi connectivity index (χ2v) is 6.86. The predicted octanol–water partition coefficient (Wildman–Crippen LogP) is 4.65. The van der Waals surface area contributed by atoms with Gasteiger partial charge in [0, 0.05) is 15.8 Å². The standard InChI is InChI=1S/C17H23NOS/c1-11(2)14-7-5-6-8-15(14)19-17(13(4)18)16-10-9-12(3)20-16/h5-11,13,17H,18H2,1-4H3. The van der Waals surface area contributed by atoms with E-state index in [4.69, 9.17) is 10.5 Å². The van der Waals surface area contributed by atoms with Crippen LogP contribution in [0.3, 0.4) is 0 Å². The summed E-state index contributed by atoms with van der Waals surface area (Å²) < 4.78 is 6.25. The van der Waals surface area contributed by atoms with E-state index in [2.05, 4.69) is 45.0 Å². The van der Waals surface area contributed by atoms with Gasteiger partial charge in [-0.1, -0.05) is 32.0 Å². The minimum Gasteiger partial charge on any atom is -0.483 e. The highest BCUT2D eigenvalue weighted by Crippen LogP contribution is 2.33. The average Bonchev–Trinajstić information content (AvgIpc) is 2.82. The number of rotatable bonds is 5. The number of nitrogens with two attached hydrogens (primary N) is 1. The number of ether oxygens (including phenoxy) is 1. The molecule has 0 spiro atoms. The number of para-hydroxylation sites is 1. The molecule has 3 heteroatoms. The molecule has 0 aliphatic rings. The highest BCUT2D eigenvalue weighted by atomic mass is 32.1. The molecule has 2 N–H and O–H groups in total. The third-order valence-corrected chi connectivity index (χ3v) is 4.38. The van der Waals surface area contributed by atoms with Gasteiger partial charge in [-0.2, -0.15) is 0 Å². The fourth-order valence-electron chi connectivity index (χ4n) is 2.23. The van der Waals surface area contributed by atoms with Gasteiger partial charge in [0.25, 0.3) is 0 Å². The molecule has 2 atom stereocenters. The van der Waals surface area contributed by atoms with Crippen molar-refractivity contribution in [3.8, 4) is 5.75 Å². The molecule has 0 radical (unpaired) electrons. The van der Waals surface area contributed by atoms with Crippen LogP contribution >= 0.6 is 11.3 Å². The fraction of sp³-hybridized carbons (Fsp3) is 0.412. The maximum Gasteiger partial charge on any atom is 0.148 e. The van der Waals surface area contributed by atoms with E-state index in [9.17, 15) is 0 Å². The molecule has 2 nitrogen and oxygen atoms in total. The van der Waals surface area contributed by atoms with Gasteiger partial charge >= 0.3 is 0 Å². The molecule has 0 saturated heterocycles. The van der Waals surface area contributed by atoms with Gasteiger partial charge in [-0.15, -0.1) is 11.3 Å². The summed E-state index contributed by atoms with van der Waals surface area (Å²) in [6, 6.07) is 12.4. The lowest BCUT2D eigenvalue weighted by atomic mass is 10.0. The van der Waals surface area contributed by atoms with Crippen LogP contribution in [0.15, 0.2) is 36.4 Å². The van der Waals surface area contributed by atoms with Crippen molar-refractivity contribution >= 4 is 11.3 Å². The van der Waals surface area contributed by atoms with Crippen LogP contribution < -0.4 is 10.5 Å². The number of benzene rings is 1. The SMILES string of the molecule is Cc1ccc(C(Oc2ccccc2C(C)C)C(C)N)s1. The Morgan fingerprint density at radius 2 is 1.75 bits per heavy atom. The number of thiophene rings is 1. The van der Waals surface area contributed by atoms with Gasteiger partial charge in [0.1, 0.15) is 11.9 Å². The van der Waals surface area contributed by atoms with Gasteiger partial charge in [-0.3, -0.25) is 0 Å². The second kappa shape index (κ2) is 6.42. The lowest BCUT2D eigenvalue weighted by molar-refractivity contribution is 0.182. The van der Waals surface area contributed by atoms with Crippen molar-refractivity contribution < 1.29 is 4.74 Å². The second-order valence-electron chi connectivity index (χ2n) is 5.54. The van der Waals surface area contributed by atoms with Gasteiger partial charge in [-0.25, -0.2) is 0 Å². The van der Waals surface area contributed by atoms with Crippen molar-refractivity contribution in [3.05, 3.63) is 51.7 Å². The van der Waals surface area contributed by atoms with Crippen molar-refractivity contribution in [2.75, 3.05) is 0 Å². The number of hydrogen-bond acceptors (Lipinski definition) is 3. The van der Waals surface area contributed by atoms with Gasteiger partial charge < -0.3 is 10.5 Å². The smallest absolute Gasteiger partial charge is 0.148 e. The Morgan fingerprint density at radius 1 is 1.05 bits per heavy atom. The van der Waals surface area contributed by atoms with Gasteiger partial charge in [0.05, 0.1) is 0 Å². The van der Waals surface area contributed by atoms with E-state index in [1.807, 2.05) is 19.1 Å². The Hall–Kier alpha value is -1.32. The molecule has 0 amide bonds. The lowest BCUT2D eigenvalue weighted by Gasteiger charge is -2.24. The average molecular weight is 289 g/mol. The van der Waals surface area contributed by atoms with Crippen LogP contribution in [-0.2, 0) is 0 Å². The summed E-state index contributed by atoms with van der Waals surface area (Å²) in [5.74, 6) is 1.38. The van der Waals surface area contributed by atoms with Crippen LogP contribution in [0.5, 0.6) is 5.75 Å². The van der Waals surface area contributed by atoms with Gasteiger partial charge in [-0.05, 0) is 43.5 Å². The summed E-state index contributed by atoms with van der Waals surface area (Å²) >= 11 is 1.75. The van der Waals surface area contributed by atoms with Crippen LogP contribution in [0, 0.1) is 6.92 Å². The van der Waals surface area contributed by atoms with E-state index in [0.717, 1.165) is 5.75 Å². The maximum atomic E-state index is 6.25. The monoisotopic (exact) mass is 289 g/mol. The molecule has 1 aromatic heterocycles. The maximum absolute atomic E-state index is 6.25. The van der Waals surface area contributed by atoms with E-state index in [-0.39, 0.29) is 12.1 Å². The largest absolute Gasteiger partial charge is 0.483 e. The van der Waals surface area contributed by atoms with Gasteiger partial charge in [0.2, 0.25) is 0 Å². The molecule has 1 aromatic carbocycles. The summed E-state index contributed by atoms with van der Waals surface area (Å²) in [7, 11) is 0. The van der Waals surface area contributed by atoms with E-state index >= 15 is 0 Å². The highest BCUT2D eigenvalue weighted by Gasteiger charge is 2.21. The van der Waals surface area contributed by atoms with Crippen LogP contribution in [0.25, 0.3) is 0 Å². The third-order valence-electron chi connectivity index (χ3n) is 3.31. The molecule has 0 saturated carbocycles. The van der Waals surface area contributed by atoms with Gasteiger partial charge in [0.15, 0.2) is 0 Å². The predicted molar refractivity (Wildman–Crippen MR) is 86.6 cm³/mol. The number of hydrogen-bond donors (Lipinski definition) is 1. The van der Waals surface area contributed by atoms with E-state index in [1.54, 1.807) is 11.3 Å².